The lowest BCUT2D eigenvalue weighted by molar-refractivity contribution is -0.140. The van der Waals surface area contributed by atoms with E-state index in [1.54, 1.807) is 0 Å². The fourth-order valence-electron chi connectivity index (χ4n) is 3.27. The standard InChI is InChI=1S/C13H24N2O2/c1-9-5-10(7-11(14)6-9)13(17)15-4-2-3-12(16)8-15/h9-12,16H,2-8,14H2,1H3. The maximum absolute atomic E-state index is 12.3. The van der Waals surface area contributed by atoms with Crippen LogP contribution in [-0.2, 0) is 4.79 Å². The van der Waals surface area contributed by atoms with Crippen molar-refractivity contribution in [3.05, 3.63) is 0 Å². The lowest BCUT2D eigenvalue weighted by Gasteiger charge is -2.36. The zero-order chi connectivity index (χ0) is 12.4. The van der Waals surface area contributed by atoms with Crippen molar-refractivity contribution in [3.63, 3.8) is 0 Å². The highest BCUT2D eigenvalue weighted by Gasteiger charge is 2.33. The van der Waals surface area contributed by atoms with E-state index in [0.29, 0.717) is 12.5 Å². The van der Waals surface area contributed by atoms with E-state index in [1.807, 2.05) is 4.90 Å². The molecule has 3 N–H and O–H groups in total. The Morgan fingerprint density at radius 1 is 1.35 bits per heavy atom. The van der Waals surface area contributed by atoms with Crippen molar-refractivity contribution in [2.75, 3.05) is 13.1 Å². The molecule has 1 aliphatic heterocycles. The molecule has 1 aliphatic carbocycles. The minimum Gasteiger partial charge on any atom is -0.391 e. The van der Waals surface area contributed by atoms with Crippen LogP contribution in [0.3, 0.4) is 0 Å². The van der Waals surface area contributed by atoms with E-state index in [0.717, 1.165) is 38.6 Å². The van der Waals surface area contributed by atoms with Crippen molar-refractivity contribution in [2.45, 2.75) is 51.2 Å². The summed E-state index contributed by atoms with van der Waals surface area (Å²) >= 11 is 0. The van der Waals surface area contributed by atoms with Gasteiger partial charge in [-0.2, -0.15) is 0 Å². The van der Waals surface area contributed by atoms with Crippen LogP contribution >= 0.6 is 0 Å². The van der Waals surface area contributed by atoms with Crippen LogP contribution < -0.4 is 5.73 Å². The average Bonchev–Trinajstić information content (AvgIpc) is 2.26. The van der Waals surface area contributed by atoms with Crippen molar-refractivity contribution in [2.24, 2.45) is 17.6 Å². The first-order valence-electron chi connectivity index (χ1n) is 6.78. The van der Waals surface area contributed by atoms with E-state index < -0.39 is 0 Å². The molecule has 0 radical (unpaired) electrons. The van der Waals surface area contributed by atoms with Crippen LogP contribution in [0, 0.1) is 11.8 Å². The number of carbonyl (C=O) groups is 1. The molecule has 1 saturated heterocycles. The second-order valence-electron chi connectivity index (χ2n) is 5.85. The van der Waals surface area contributed by atoms with Gasteiger partial charge in [0.15, 0.2) is 0 Å². The maximum Gasteiger partial charge on any atom is 0.225 e. The fourth-order valence-corrected chi connectivity index (χ4v) is 3.27. The largest absolute Gasteiger partial charge is 0.391 e. The van der Waals surface area contributed by atoms with E-state index in [4.69, 9.17) is 5.73 Å². The second kappa shape index (κ2) is 5.36. The summed E-state index contributed by atoms with van der Waals surface area (Å²) in [6.07, 6.45) is 4.22. The molecule has 98 valence electrons. The van der Waals surface area contributed by atoms with Crippen LogP contribution in [-0.4, -0.2) is 41.1 Å². The molecule has 1 amide bonds. The van der Waals surface area contributed by atoms with Crippen molar-refractivity contribution in [1.29, 1.82) is 0 Å². The van der Waals surface area contributed by atoms with Gasteiger partial charge in [-0.25, -0.2) is 0 Å². The molecule has 2 fully saturated rings. The highest BCUT2D eigenvalue weighted by Crippen LogP contribution is 2.30. The number of carbonyl (C=O) groups excluding carboxylic acids is 1. The fraction of sp³-hybridized carbons (Fsp3) is 0.923. The Hall–Kier alpha value is -0.610. The highest BCUT2D eigenvalue weighted by atomic mass is 16.3. The average molecular weight is 240 g/mol. The van der Waals surface area contributed by atoms with E-state index in [9.17, 15) is 9.90 Å². The van der Waals surface area contributed by atoms with E-state index in [1.165, 1.54) is 0 Å². The Morgan fingerprint density at radius 3 is 2.76 bits per heavy atom. The monoisotopic (exact) mass is 240 g/mol. The third kappa shape index (κ3) is 3.19. The minimum atomic E-state index is -0.331. The minimum absolute atomic E-state index is 0.0825. The summed E-state index contributed by atoms with van der Waals surface area (Å²) < 4.78 is 0. The van der Waals surface area contributed by atoms with E-state index in [2.05, 4.69) is 6.92 Å². The summed E-state index contributed by atoms with van der Waals surface area (Å²) in [4.78, 5) is 14.2. The zero-order valence-corrected chi connectivity index (χ0v) is 10.6. The summed E-state index contributed by atoms with van der Waals surface area (Å²) in [5.74, 6) is 0.840. The smallest absolute Gasteiger partial charge is 0.225 e. The van der Waals surface area contributed by atoms with Crippen LogP contribution in [0.5, 0.6) is 0 Å². The molecule has 4 heteroatoms. The summed E-state index contributed by atoms with van der Waals surface area (Å²) in [5.41, 5.74) is 5.99. The number of aliphatic hydroxyl groups is 1. The van der Waals surface area contributed by atoms with Crippen LogP contribution in [0.4, 0.5) is 0 Å². The molecule has 2 aliphatic rings. The Labute approximate surface area is 103 Å². The summed E-state index contributed by atoms with van der Waals surface area (Å²) in [7, 11) is 0. The van der Waals surface area contributed by atoms with E-state index in [-0.39, 0.29) is 24.0 Å². The third-order valence-corrected chi connectivity index (χ3v) is 4.04. The lowest BCUT2D eigenvalue weighted by atomic mass is 9.79. The molecular formula is C13H24N2O2. The molecule has 0 spiro atoms. The van der Waals surface area contributed by atoms with Gasteiger partial charge in [0.25, 0.3) is 0 Å². The van der Waals surface area contributed by atoms with Crippen LogP contribution in [0.2, 0.25) is 0 Å². The number of nitrogens with two attached hydrogens (primary N) is 1. The van der Waals surface area contributed by atoms with Gasteiger partial charge in [-0.05, 0) is 38.0 Å². The first-order chi connectivity index (χ1) is 8.06. The zero-order valence-electron chi connectivity index (χ0n) is 10.6. The van der Waals surface area contributed by atoms with Gasteiger partial charge in [-0.3, -0.25) is 4.79 Å². The Kier molecular flexibility index (Phi) is 4.05. The molecule has 0 aromatic carbocycles. The number of piperidine rings is 1. The summed E-state index contributed by atoms with van der Waals surface area (Å²) in [6, 6.07) is 0.169. The van der Waals surface area contributed by atoms with Crippen molar-refractivity contribution in [1.82, 2.24) is 4.90 Å². The van der Waals surface area contributed by atoms with Gasteiger partial charge in [-0.1, -0.05) is 6.92 Å². The quantitative estimate of drug-likeness (QED) is 0.710. The number of amides is 1. The Balaban J connectivity index is 1.94. The molecule has 17 heavy (non-hydrogen) atoms. The number of β-amino-alcohol motifs (C(OH)–C–C–N with tert-alkyl or cyclic N) is 1. The first-order valence-corrected chi connectivity index (χ1v) is 6.78. The molecule has 4 unspecified atom stereocenters. The molecule has 2 rings (SSSR count). The predicted octanol–water partition coefficient (Wildman–Crippen LogP) is 0.733. The Bertz CT molecular complexity index is 273. The molecule has 0 aromatic heterocycles. The van der Waals surface area contributed by atoms with Gasteiger partial charge in [0.1, 0.15) is 0 Å². The molecule has 0 aromatic rings. The summed E-state index contributed by atoms with van der Waals surface area (Å²) in [6.45, 7) is 3.49. The lowest BCUT2D eigenvalue weighted by Crippen LogP contribution is -2.47. The molecule has 1 saturated carbocycles. The number of aliphatic hydroxyl groups excluding tert-OH is 1. The molecule has 4 atom stereocenters. The van der Waals surface area contributed by atoms with Crippen LogP contribution in [0.15, 0.2) is 0 Å². The van der Waals surface area contributed by atoms with E-state index >= 15 is 0 Å². The topological polar surface area (TPSA) is 66.6 Å². The normalized spacial score (nSPS) is 39.1. The Morgan fingerprint density at radius 2 is 2.12 bits per heavy atom. The molecule has 0 bridgehead atoms. The predicted molar refractivity (Wildman–Crippen MR) is 66.3 cm³/mol. The van der Waals surface area contributed by atoms with Gasteiger partial charge in [-0.15, -0.1) is 0 Å². The molecular weight excluding hydrogens is 216 g/mol. The molecule has 1 heterocycles. The van der Waals surface area contributed by atoms with Crippen molar-refractivity contribution < 1.29 is 9.90 Å². The van der Waals surface area contributed by atoms with Gasteiger partial charge >= 0.3 is 0 Å². The number of hydrogen-bond donors (Lipinski definition) is 2. The second-order valence-corrected chi connectivity index (χ2v) is 5.85. The van der Waals surface area contributed by atoms with Crippen molar-refractivity contribution in [3.8, 4) is 0 Å². The highest BCUT2D eigenvalue weighted by molar-refractivity contribution is 5.79. The number of likely N-dealkylation sites (tertiary alicyclic amines) is 1. The maximum atomic E-state index is 12.3. The van der Waals surface area contributed by atoms with Gasteiger partial charge in [0, 0.05) is 25.0 Å². The van der Waals surface area contributed by atoms with Gasteiger partial charge in [0.2, 0.25) is 5.91 Å². The number of nitrogens with zero attached hydrogens (tertiary/aromatic N) is 1. The van der Waals surface area contributed by atoms with Crippen molar-refractivity contribution >= 4 is 5.91 Å². The number of hydrogen-bond acceptors (Lipinski definition) is 3. The summed E-state index contributed by atoms with van der Waals surface area (Å²) in [5, 5.41) is 9.61. The van der Waals surface area contributed by atoms with Crippen LogP contribution in [0.1, 0.15) is 39.0 Å². The molecule has 4 nitrogen and oxygen atoms in total. The SMILES string of the molecule is CC1CC(N)CC(C(=O)N2CCCC(O)C2)C1. The number of rotatable bonds is 1. The third-order valence-electron chi connectivity index (χ3n) is 4.04. The first kappa shape index (κ1) is 12.8. The van der Waals surface area contributed by atoms with Gasteiger partial charge in [0.05, 0.1) is 6.10 Å². The van der Waals surface area contributed by atoms with Gasteiger partial charge < -0.3 is 15.7 Å². The van der Waals surface area contributed by atoms with Crippen LogP contribution in [0.25, 0.3) is 0 Å².